The quantitative estimate of drug-likeness (QED) is 0.751. The van der Waals surface area contributed by atoms with Gasteiger partial charge >= 0.3 is 0 Å². The lowest BCUT2D eigenvalue weighted by Crippen LogP contribution is -2.14. The van der Waals surface area contributed by atoms with Crippen LogP contribution in [0.25, 0.3) is 0 Å². The van der Waals surface area contributed by atoms with Gasteiger partial charge in [-0.25, -0.2) is 4.98 Å². The summed E-state index contributed by atoms with van der Waals surface area (Å²) in [6.45, 7) is 5.12. The normalized spacial score (nSPS) is 10.4. The standard InChI is InChI=1S/C19H25N3O4/c1-12(2)10-20-14-6-7-17(21-11-14)22-19(23)13-8-15(24-3)18(26-5)16(9-13)25-4/h6-9,11-12,20H,10H2,1-5H3,(H,21,22,23). The molecule has 7 nitrogen and oxygen atoms in total. The second kappa shape index (κ2) is 8.94. The average molecular weight is 359 g/mol. The van der Waals surface area contributed by atoms with Crippen LogP contribution >= 0.6 is 0 Å². The van der Waals surface area contributed by atoms with Crippen molar-refractivity contribution < 1.29 is 19.0 Å². The van der Waals surface area contributed by atoms with Crippen molar-refractivity contribution >= 4 is 17.4 Å². The van der Waals surface area contributed by atoms with Gasteiger partial charge in [-0.2, -0.15) is 0 Å². The summed E-state index contributed by atoms with van der Waals surface area (Å²) in [5.74, 6) is 1.94. The molecule has 0 saturated carbocycles. The minimum Gasteiger partial charge on any atom is -0.493 e. The van der Waals surface area contributed by atoms with Gasteiger partial charge in [-0.3, -0.25) is 4.79 Å². The highest BCUT2D eigenvalue weighted by molar-refractivity contribution is 6.04. The van der Waals surface area contributed by atoms with Gasteiger partial charge in [0.25, 0.3) is 5.91 Å². The van der Waals surface area contributed by atoms with E-state index in [4.69, 9.17) is 14.2 Å². The topological polar surface area (TPSA) is 81.7 Å². The molecular formula is C19H25N3O4. The lowest BCUT2D eigenvalue weighted by Gasteiger charge is -2.14. The number of nitrogens with one attached hydrogen (secondary N) is 2. The number of aromatic nitrogens is 1. The van der Waals surface area contributed by atoms with Crippen molar-refractivity contribution in [1.82, 2.24) is 4.98 Å². The van der Waals surface area contributed by atoms with Crippen LogP contribution in [0, 0.1) is 5.92 Å². The van der Waals surface area contributed by atoms with Crippen molar-refractivity contribution in [2.24, 2.45) is 5.92 Å². The molecule has 2 N–H and O–H groups in total. The van der Waals surface area contributed by atoms with Crippen molar-refractivity contribution in [1.29, 1.82) is 0 Å². The van der Waals surface area contributed by atoms with Gasteiger partial charge < -0.3 is 24.8 Å². The zero-order valence-corrected chi connectivity index (χ0v) is 15.8. The molecule has 0 aliphatic rings. The molecule has 0 fully saturated rings. The van der Waals surface area contributed by atoms with Crippen LogP contribution in [-0.2, 0) is 0 Å². The molecular weight excluding hydrogens is 334 g/mol. The summed E-state index contributed by atoms with van der Waals surface area (Å²) >= 11 is 0. The molecule has 0 aliphatic heterocycles. The third kappa shape index (κ3) is 4.78. The Labute approximate surface area is 153 Å². The Hall–Kier alpha value is -2.96. The molecule has 1 heterocycles. The Morgan fingerprint density at radius 2 is 1.73 bits per heavy atom. The Kier molecular flexibility index (Phi) is 6.66. The summed E-state index contributed by atoms with van der Waals surface area (Å²) in [6, 6.07) is 6.81. The van der Waals surface area contributed by atoms with Gasteiger partial charge in [0.2, 0.25) is 5.75 Å². The molecule has 0 spiro atoms. The van der Waals surface area contributed by atoms with Crippen LogP contribution in [0.15, 0.2) is 30.5 Å². The SMILES string of the molecule is COc1cc(C(=O)Nc2ccc(NCC(C)C)cn2)cc(OC)c1OC. The minimum atomic E-state index is -0.320. The lowest BCUT2D eigenvalue weighted by molar-refractivity contribution is 0.102. The van der Waals surface area contributed by atoms with E-state index in [1.54, 1.807) is 24.4 Å². The molecule has 140 valence electrons. The molecule has 1 amide bonds. The number of hydrogen-bond donors (Lipinski definition) is 2. The number of carbonyl (C=O) groups excluding carboxylic acids is 1. The fourth-order valence-corrected chi connectivity index (χ4v) is 2.30. The first-order valence-corrected chi connectivity index (χ1v) is 8.29. The zero-order valence-electron chi connectivity index (χ0n) is 15.8. The van der Waals surface area contributed by atoms with Gasteiger partial charge in [-0.1, -0.05) is 13.8 Å². The summed E-state index contributed by atoms with van der Waals surface area (Å²) in [7, 11) is 4.52. The number of benzene rings is 1. The predicted octanol–water partition coefficient (Wildman–Crippen LogP) is 3.43. The molecule has 0 atom stereocenters. The molecule has 7 heteroatoms. The predicted molar refractivity (Wildman–Crippen MR) is 102 cm³/mol. The molecule has 0 aliphatic carbocycles. The highest BCUT2D eigenvalue weighted by Crippen LogP contribution is 2.38. The number of amides is 1. The van der Waals surface area contributed by atoms with E-state index in [-0.39, 0.29) is 5.91 Å². The molecule has 2 rings (SSSR count). The van der Waals surface area contributed by atoms with Gasteiger partial charge in [0.1, 0.15) is 5.82 Å². The van der Waals surface area contributed by atoms with E-state index in [0.29, 0.717) is 34.5 Å². The monoisotopic (exact) mass is 359 g/mol. The summed E-state index contributed by atoms with van der Waals surface area (Å²) in [5.41, 5.74) is 1.28. The molecule has 1 aromatic heterocycles. The van der Waals surface area contributed by atoms with Gasteiger partial charge in [0.05, 0.1) is 33.2 Å². The van der Waals surface area contributed by atoms with Crippen molar-refractivity contribution in [3.05, 3.63) is 36.0 Å². The van der Waals surface area contributed by atoms with Crippen molar-refractivity contribution in [2.75, 3.05) is 38.5 Å². The highest BCUT2D eigenvalue weighted by Gasteiger charge is 2.17. The fourth-order valence-electron chi connectivity index (χ4n) is 2.30. The molecule has 0 radical (unpaired) electrons. The maximum Gasteiger partial charge on any atom is 0.257 e. The first kappa shape index (κ1) is 19.4. The van der Waals surface area contributed by atoms with Crippen LogP contribution in [0.4, 0.5) is 11.5 Å². The smallest absolute Gasteiger partial charge is 0.257 e. The minimum absolute atomic E-state index is 0.320. The van der Waals surface area contributed by atoms with E-state index >= 15 is 0 Å². The Bertz CT molecular complexity index is 720. The second-order valence-corrected chi connectivity index (χ2v) is 6.08. The molecule has 0 unspecified atom stereocenters. The highest BCUT2D eigenvalue weighted by atomic mass is 16.5. The Balaban J connectivity index is 2.14. The summed E-state index contributed by atoms with van der Waals surface area (Å²) in [4.78, 5) is 16.8. The molecule has 0 saturated heterocycles. The Morgan fingerprint density at radius 1 is 1.08 bits per heavy atom. The number of nitrogens with zero attached hydrogens (tertiary/aromatic N) is 1. The van der Waals surface area contributed by atoms with E-state index in [1.165, 1.54) is 21.3 Å². The summed E-state index contributed by atoms with van der Waals surface area (Å²) in [5, 5.41) is 6.04. The van der Waals surface area contributed by atoms with Crippen molar-refractivity contribution in [2.45, 2.75) is 13.8 Å². The Morgan fingerprint density at radius 3 is 2.19 bits per heavy atom. The molecule has 26 heavy (non-hydrogen) atoms. The largest absolute Gasteiger partial charge is 0.493 e. The molecule has 0 bridgehead atoms. The number of methoxy groups -OCH3 is 3. The van der Waals surface area contributed by atoms with Crippen molar-refractivity contribution in [3.8, 4) is 17.2 Å². The first-order chi connectivity index (χ1) is 12.5. The van der Waals surface area contributed by atoms with Crippen LogP contribution in [-0.4, -0.2) is 38.8 Å². The van der Waals surface area contributed by atoms with E-state index in [0.717, 1.165) is 12.2 Å². The van der Waals surface area contributed by atoms with Crippen LogP contribution in [0.3, 0.4) is 0 Å². The first-order valence-electron chi connectivity index (χ1n) is 8.29. The van der Waals surface area contributed by atoms with Crippen LogP contribution in [0.1, 0.15) is 24.2 Å². The number of rotatable bonds is 8. The van der Waals surface area contributed by atoms with Crippen LogP contribution in [0.5, 0.6) is 17.2 Å². The van der Waals surface area contributed by atoms with E-state index in [2.05, 4.69) is 29.5 Å². The number of ether oxygens (including phenoxy) is 3. The zero-order chi connectivity index (χ0) is 19.1. The second-order valence-electron chi connectivity index (χ2n) is 6.08. The third-order valence-electron chi connectivity index (χ3n) is 3.65. The summed E-state index contributed by atoms with van der Waals surface area (Å²) in [6.07, 6.45) is 1.69. The maximum absolute atomic E-state index is 12.5. The molecule has 2 aromatic rings. The van der Waals surface area contributed by atoms with E-state index < -0.39 is 0 Å². The number of anilines is 2. The van der Waals surface area contributed by atoms with Gasteiger partial charge in [0, 0.05) is 12.1 Å². The third-order valence-corrected chi connectivity index (χ3v) is 3.65. The van der Waals surface area contributed by atoms with Crippen molar-refractivity contribution in [3.63, 3.8) is 0 Å². The van der Waals surface area contributed by atoms with Crippen LogP contribution in [0.2, 0.25) is 0 Å². The lowest BCUT2D eigenvalue weighted by atomic mass is 10.1. The fraction of sp³-hybridized carbons (Fsp3) is 0.368. The van der Waals surface area contributed by atoms with E-state index in [1.807, 2.05) is 6.07 Å². The van der Waals surface area contributed by atoms with E-state index in [9.17, 15) is 4.79 Å². The number of pyridine rings is 1. The maximum atomic E-state index is 12.5. The van der Waals surface area contributed by atoms with Gasteiger partial charge in [0.15, 0.2) is 11.5 Å². The number of hydrogen-bond acceptors (Lipinski definition) is 6. The molecule has 1 aromatic carbocycles. The van der Waals surface area contributed by atoms with Gasteiger partial charge in [-0.15, -0.1) is 0 Å². The van der Waals surface area contributed by atoms with Gasteiger partial charge in [-0.05, 0) is 30.2 Å². The summed E-state index contributed by atoms with van der Waals surface area (Å²) < 4.78 is 15.8. The van der Waals surface area contributed by atoms with Crippen LogP contribution < -0.4 is 24.8 Å². The average Bonchev–Trinajstić information content (AvgIpc) is 2.65. The number of carbonyl (C=O) groups is 1.